The van der Waals surface area contributed by atoms with E-state index in [1.165, 1.54) is 72.4 Å². The highest BCUT2D eigenvalue weighted by molar-refractivity contribution is 7.19. The lowest BCUT2D eigenvalue weighted by Gasteiger charge is -2.03. The quantitative estimate of drug-likeness (QED) is 0.131. The summed E-state index contributed by atoms with van der Waals surface area (Å²) < 4.78 is 0. The fourth-order valence-corrected chi connectivity index (χ4v) is 9.32. The van der Waals surface area contributed by atoms with Gasteiger partial charge in [-0.15, -0.1) is 58.5 Å². The van der Waals surface area contributed by atoms with E-state index in [4.69, 9.17) is 0 Å². The van der Waals surface area contributed by atoms with Gasteiger partial charge in [-0.05, 0) is 94.8 Å². The number of rotatable bonds is 10. The Morgan fingerprint density at radius 2 is 0.545 bits per heavy atom. The van der Waals surface area contributed by atoms with Crippen LogP contribution in [-0.2, 0) is 12.8 Å². The third kappa shape index (κ3) is 6.12. The Morgan fingerprint density at radius 1 is 0.318 bits per heavy atom. The van der Waals surface area contributed by atoms with Crippen molar-refractivity contribution >= 4 is 45.3 Å². The Balaban J connectivity index is 1.03. The fourth-order valence-electron chi connectivity index (χ4n) is 5.26. The van der Waals surface area contributed by atoms with E-state index in [2.05, 4.69) is 134 Å². The van der Waals surface area contributed by atoms with E-state index in [0.29, 0.717) is 0 Å². The standard InChI is InChI=1S/C40H30S4/c1-3-5-33-19-21-35(41-33)27-7-11-29(12-8-27)37-23-25-39(43-37)31-15-17-32(18-16-31)40-26-24-38(44-40)30-13-9-28(10-14-30)36-22-20-34(42-36)6-4-2/h3-4,7-26H,1-2,5-6H2. The van der Waals surface area contributed by atoms with Crippen LogP contribution in [0.15, 0.2) is 147 Å². The predicted molar refractivity (Wildman–Crippen MR) is 198 cm³/mol. The Kier molecular flexibility index (Phi) is 8.41. The molecule has 214 valence electrons. The van der Waals surface area contributed by atoms with Gasteiger partial charge in [0, 0.05) is 39.0 Å². The van der Waals surface area contributed by atoms with Gasteiger partial charge in [0.05, 0.1) is 0 Å². The van der Waals surface area contributed by atoms with Crippen LogP contribution in [0.5, 0.6) is 0 Å². The van der Waals surface area contributed by atoms with Gasteiger partial charge in [-0.25, -0.2) is 0 Å². The molecule has 0 saturated carbocycles. The first kappa shape index (κ1) is 28.7. The van der Waals surface area contributed by atoms with Crippen LogP contribution < -0.4 is 0 Å². The largest absolute Gasteiger partial charge is 0.140 e. The van der Waals surface area contributed by atoms with E-state index in [-0.39, 0.29) is 0 Å². The highest BCUT2D eigenvalue weighted by Gasteiger charge is 2.10. The second-order valence-corrected chi connectivity index (χ2v) is 15.1. The Bertz CT molecular complexity index is 1870. The number of allylic oxidation sites excluding steroid dienone is 2. The monoisotopic (exact) mass is 638 g/mol. The molecule has 4 heteroatoms. The van der Waals surface area contributed by atoms with Gasteiger partial charge in [0.15, 0.2) is 0 Å². The number of hydrogen-bond donors (Lipinski definition) is 0. The normalized spacial score (nSPS) is 11.1. The lowest BCUT2D eigenvalue weighted by molar-refractivity contribution is 1.36. The second kappa shape index (κ2) is 12.9. The summed E-state index contributed by atoms with van der Waals surface area (Å²) in [5.74, 6) is 0. The summed E-state index contributed by atoms with van der Waals surface area (Å²) in [6.07, 6.45) is 5.79. The van der Waals surface area contributed by atoms with Crippen LogP contribution in [0.4, 0.5) is 0 Å². The molecule has 44 heavy (non-hydrogen) atoms. The van der Waals surface area contributed by atoms with Crippen LogP contribution >= 0.6 is 45.3 Å². The minimum Gasteiger partial charge on any atom is -0.140 e. The highest BCUT2D eigenvalue weighted by Crippen LogP contribution is 2.39. The van der Waals surface area contributed by atoms with E-state index in [0.717, 1.165) is 12.8 Å². The molecule has 0 nitrogen and oxygen atoms in total. The van der Waals surface area contributed by atoms with Gasteiger partial charge in [-0.1, -0.05) is 84.9 Å². The fraction of sp³-hybridized carbons (Fsp3) is 0.0500. The van der Waals surface area contributed by atoms with Gasteiger partial charge < -0.3 is 0 Å². The molecule has 0 N–H and O–H groups in total. The Morgan fingerprint density at radius 3 is 0.795 bits per heavy atom. The average Bonchev–Trinajstić information content (AvgIpc) is 3.89. The minimum atomic E-state index is 0.930. The zero-order chi connectivity index (χ0) is 29.9. The lowest BCUT2D eigenvalue weighted by Crippen LogP contribution is -1.75. The molecular weight excluding hydrogens is 609 g/mol. The second-order valence-electron chi connectivity index (χ2n) is 10.6. The summed E-state index contributed by atoms with van der Waals surface area (Å²) in [5, 5.41) is 0. The zero-order valence-corrected chi connectivity index (χ0v) is 27.4. The molecule has 0 aliphatic heterocycles. The minimum absolute atomic E-state index is 0.930. The van der Waals surface area contributed by atoms with Gasteiger partial charge >= 0.3 is 0 Å². The maximum absolute atomic E-state index is 3.86. The molecule has 0 fully saturated rings. The van der Waals surface area contributed by atoms with E-state index in [9.17, 15) is 0 Å². The van der Waals surface area contributed by atoms with Crippen molar-refractivity contribution in [1.82, 2.24) is 0 Å². The molecule has 0 aliphatic rings. The summed E-state index contributed by atoms with van der Waals surface area (Å²) in [4.78, 5) is 10.5. The van der Waals surface area contributed by atoms with Crippen LogP contribution in [0.2, 0.25) is 0 Å². The average molecular weight is 639 g/mol. The van der Waals surface area contributed by atoms with Crippen molar-refractivity contribution in [3.05, 3.63) is 156 Å². The van der Waals surface area contributed by atoms with Crippen molar-refractivity contribution in [2.24, 2.45) is 0 Å². The molecule has 0 spiro atoms. The van der Waals surface area contributed by atoms with Gasteiger partial charge in [0.1, 0.15) is 0 Å². The molecule has 0 saturated heterocycles. The van der Waals surface area contributed by atoms with Gasteiger partial charge in [0.2, 0.25) is 0 Å². The first-order chi connectivity index (χ1) is 21.7. The first-order valence-corrected chi connectivity index (χ1v) is 17.8. The van der Waals surface area contributed by atoms with Gasteiger partial charge in [-0.3, -0.25) is 0 Å². The molecule has 0 atom stereocenters. The van der Waals surface area contributed by atoms with E-state index in [1.807, 2.05) is 57.5 Å². The summed E-state index contributed by atoms with van der Waals surface area (Å²) in [5.41, 5.74) is 7.57. The lowest BCUT2D eigenvalue weighted by atomic mass is 10.1. The van der Waals surface area contributed by atoms with Crippen molar-refractivity contribution in [2.75, 3.05) is 0 Å². The van der Waals surface area contributed by atoms with E-state index >= 15 is 0 Å². The van der Waals surface area contributed by atoms with E-state index in [1.54, 1.807) is 0 Å². The topological polar surface area (TPSA) is 0 Å². The third-order valence-electron chi connectivity index (χ3n) is 7.59. The molecule has 4 aromatic heterocycles. The smallest absolute Gasteiger partial charge is 0.0349 e. The molecule has 4 heterocycles. The molecule has 0 unspecified atom stereocenters. The van der Waals surface area contributed by atoms with Crippen LogP contribution in [0.25, 0.3) is 62.6 Å². The molecule has 0 radical (unpaired) electrons. The van der Waals surface area contributed by atoms with Crippen LogP contribution in [0.3, 0.4) is 0 Å². The molecule has 0 amide bonds. The molecule has 0 aliphatic carbocycles. The Labute approximate surface area is 275 Å². The van der Waals surface area contributed by atoms with Crippen molar-refractivity contribution in [2.45, 2.75) is 12.8 Å². The maximum atomic E-state index is 3.86. The van der Waals surface area contributed by atoms with Gasteiger partial charge in [0.25, 0.3) is 0 Å². The zero-order valence-electron chi connectivity index (χ0n) is 24.2. The summed E-state index contributed by atoms with van der Waals surface area (Å²) in [7, 11) is 0. The highest BCUT2D eigenvalue weighted by atomic mass is 32.1. The first-order valence-electron chi connectivity index (χ1n) is 14.6. The molecule has 7 rings (SSSR count). The van der Waals surface area contributed by atoms with Gasteiger partial charge in [-0.2, -0.15) is 0 Å². The Hall–Kier alpha value is -4.06. The van der Waals surface area contributed by atoms with Crippen LogP contribution in [0, 0.1) is 0 Å². The number of benzene rings is 3. The summed E-state index contributed by atoms with van der Waals surface area (Å²) >= 11 is 7.39. The molecule has 3 aromatic carbocycles. The summed E-state index contributed by atoms with van der Waals surface area (Å²) in [6, 6.07) is 44.7. The predicted octanol–water partition coefficient (Wildman–Crippen LogP) is 13.4. The third-order valence-corrected chi connectivity index (χ3v) is 12.3. The SMILES string of the molecule is C=CCc1ccc(-c2ccc(-c3ccc(-c4ccc(-c5ccc(-c6ccc(-c7ccc(CC=C)s7)cc6)s5)cc4)s3)cc2)s1. The number of thiophene rings is 4. The number of hydrogen-bond acceptors (Lipinski definition) is 4. The van der Waals surface area contributed by atoms with Crippen LogP contribution in [0.1, 0.15) is 9.75 Å². The van der Waals surface area contributed by atoms with Crippen molar-refractivity contribution in [3.63, 3.8) is 0 Å². The van der Waals surface area contributed by atoms with Crippen molar-refractivity contribution in [1.29, 1.82) is 0 Å². The van der Waals surface area contributed by atoms with Crippen molar-refractivity contribution in [3.8, 4) is 62.6 Å². The molecule has 7 aromatic rings. The maximum Gasteiger partial charge on any atom is 0.0349 e. The summed E-state index contributed by atoms with van der Waals surface area (Å²) in [6.45, 7) is 7.71. The molecule has 0 bridgehead atoms. The van der Waals surface area contributed by atoms with Crippen molar-refractivity contribution < 1.29 is 0 Å². The van der Waals surface area contributed by atoms with Crippen LogP contribution in [-0.4, -0.2) is 0 Å². The molecular formula is C40H30S4. The van der Waals surface area contributed by atoms with E-state index < -0.39 is 0 Å².